The van der Waals surface area contributed by atoms with E-state index in [0.29, 0.717) is 0 Å². The summed E-state index contributed by atoms with van der Waals surface area (Å²) in [5.41, 5.74) is -0.771. The van der Waals surface area contributed by atoms with Crippen LogP contribution < -0.4 is 0 Å². The summed E-state index contributed by atoms with van der Waals surface area (Å²) in [5, 5.41) is 10.6. The molecule has 1 saturated heterocycles. The number of nitrogens with zero attached hydrogens (tertiary/aromatic N) is 1. The van der Waals surface area contributed by atoms with Gasteiger partial charge in [-0.3, -0.25) is 4.79 Å². The van der Waals surface area contributed by atoms with Crippen LogP contribution in [0.25, 0.3) is 0 Å². The zero-order valence-electron chi connectivity index (χ0n) is 13.5. The van der Waals surface area contributed by atoms with E-state index < -0.39 is 5.60 Å². The first kappa shape index (κ1) is 15.6. The van der Waals surface area contributed by atoms with Crippen molar-refractivity contribution in [2.24, 2.45) is 0 Å². The number of likely N-dealkylation sites (tertiary alicyclic amines) is 1. The molecule has 0 spiro atoms. The molecule has 0 radical (unpaired) electrons. The van der Waals surface area contributed by atoms with E-state index in [1.807, 2.05) is 24.0 Å². The smallest absolute Gasteiger partial charge is 0.226 e. The number of hydrogen-bond donors (Lipinski definition) is 1. The first-order valence-electron chi connectivity index (χ1n) is 8.66. The highest BCUT2D eigenvalue weighted by molar-refractivity contribution is 5.77. The molecular formula is C18H27NO3. The van der Waals surface area contributed by atoms with E-state index in [4.69, 9.17) is 4.42 Å². The molecular weight excluding hydrogens is 278 g/mol. The molecule has 2 fully saturated rings. The molecule has 1 aromatic rings. The molecule has 3 rings (SSSR count). The minimum Gasteiger partial charge on any atom is -0.464 e. The van der Waals surface area contributed by atoms with Crippen LogP contribution in [0.5, 0.6) is 0 Å². The summed E-state index contributed by atoms with van der Waals surface area (Å²) in [4.78, 5) is 14.8. The van der Waals surface area contributed by atoms with Crippen LogP contribution in [0.1, 0.15) is 75.3 Å². The summed E-state index contributed by atoms with van der Waals surface area (Å²) >= 11 is 0. The van der Waals surface area contributed by atoms with Gasteiger partial charge in [0.1, 0.15) is 11.5 Å². The van der Waals surface area contributed by atoms with Crippen molar-refractivity contribution in [3.8, 4) is 0 Å². The van der Waals surface area contributed by atoms with Gasteiger partial charge in [-0.25, -0.2) is 0 Å². The van der Waals surface area contributed by atoms with Gasteiger partial charge < -0.3 is 14.4 Å². The van der Waals surface area contributed by atoms with Crippen molar-refractivity contribution in [3.05, 3.63) is 23.7 Å². The molecule has 1 amide bonds. The minimum atomic E-state index is -0.771. The van der Waals surface area contributed by atoms with E-state index >= 15 is 0 Å². The fraction of sp³-hybridized carbons (Fsp3) is 0.722. The molecule has 2 aliphatic rings. The maximum Gasteiger partial charge on any atom is 0.226 e. The second-order valence-electron chi connectivity index (χ2n) is 7.01. The minimum absolute atomic E-state index is 0.0358. The van der Waals surface area contributed by atoms with Crippen LogP contribution in [0.4, 0.5) is 0 Å². The van der Waals surface area contributed by atoms with Crippen molar-refractivity contribution in [3.63, 3.8) is 0 Å². The molecule has 1 atom stereocenters. The van der Waals surface area contributed by atoms with E-state index in [1.165, 1.54) is 0 Å². The van der Waals surface area contributed by atoms with Crippen molar-refractivity contribution in [1.82, 2.24) is 4.90 Å². The third kappa shape index (κ3) is 3.37. The molecule has 1 unspecified atom stereocenters. The Hall–Kier alpha value is -1.29. The summed E-state index contributed by atoms with van der Waals surface area (Å²) in [6, 6.07) is 4.00. The Morgan fingerprint density at radius 2 is 2.05 bits per heavy atom. The maximum absolute atomic E-state index is 12.8. The van der Waals surface area contributed by atoms with Crippen molar-refractivity contribution in [1.29, 1.82) is 0 Å². The SMILES string of the molecule is Cc1ccc(C2CCCCCN2C(=O)CC2(O)CCCC2)o1. The van der Waals surface area contributed by atoms with Crippen LogP contribution in [-0.4, -0.2) is 28.1 Å². The van der Waals surface area contributed by atoms with Crippen LogP contribution in [0.15, 0.2) is 16.5 Å². The van der Waals surface area contributed by atoms with Gasteiger partial charge in [-0.15, -0.1) is 0 Å². The third-order valence-corrected chi connectivity index (χ3v) is 5.18. The summed E-state index contributed by atoms with van der Waals surface area (Å²) in [5.74, 6) is 1.87. The van der Waals surface area contributed by atoms with E-state index in [9.17, 15) is 9.90 Å². The van der Waals surface area contributed by atoms with Crippen LogP contribution in [0, 0.1) is 6.92 Å². The molecule has 122 valence electrons. The van der Waals surface area contributed by atoms with Gasteiger partial charge in [0.2, 0.25) is 5.91 Å². The Morgan fingerprint density at radius 3 is 2.73 bits per heavy atom. The molecule has 1 aromatic heterocycles. The van der Waals surface area contributed by atoms with Crippen LogP contribution in [0.3, 0.4) is 0 Å². The van der Waals surface area contributed by atoms with Gasteiger partial charge in [0.15, 0.2) is 0 Å². The Balaban J connectivity index is 1.76. The number of aliphatic hydroxyl groups is 1. The highest BCUT2D eigenvalue weighted by atomic mass is 16.3. The number of furan rings is 1. The lowest BCUT2D eigenvalue weighted by molar-refractivity contribution is -0.139. The average Bonchev–Trinajstić information content (AvgIpc) is 3.00. The summed E-state index contributed by atoms with van der Waals surface area (Å²) in [6.07, 6.45) is 8.13. The first-order chi connectivity index (χ1) is 10.6. The predicted molar refractivity (Wildman–Crippen MR) is 84.4 cm³/mol. The molecule has 1 aliphatic carbocycles. The zero-order valence-corrected chi connectivity index (χ0v) is 13.5. The first-order valence-corrected chi connectivity index (χ1v) is 8.66. The highest BCUT2D eigenvalue weighted by Crippen LogP contribution is 2.36. The maximum atomic E-state index is 12.8. The van der Waals surface area contributed by atoms with Crippen molar-refractivity contribution in [2.75, 3.05) is 6.54 Å². The molecule has 0 aromatic carbocycles. The van der Waals surface area contributed by atoms with Gasteiger partial charge >= 0.3 is 0 Å². The zero-order chi connectivity index (χ0) is 15.6. The quantitative estimate of drug-likeness (QED) is 0.926. The van der Waals surface area contributed by atoms with Crippen molar-refractivity contribution in [2.45, 2.75) is 76.4 Å². The van der Waals surface area contributed by atoms with E-state index in [-0.39, 0.29) is 18.4 Å². The monoisotopic (exact) mass is 305 g/mol. The van der Waals surface area contributed by atoms with Gasteiger partial charge in [0.05, 0.1) is 18.1 Å². The number of aryl methyl sites for hydroxylation is 1. The van der Waals surface area contributed by atoms with Crippen LogP contribution in [-0.2, 0) is 4.79 Å². The second kappa shape index (κ2) is 6.45. The van der Waals surface area contributed by atoms with Crippen molar-refractivity contribution < 1.29 is 14.3 Å². The van der Waals surface area contributed by atoms with Crippen molar-refractivity contribution >= 4 is 5.91 Å². The molecule has 1 aliphatic heterocycles. The lowest BCUT2D eigenvalue weighted by Crippen LogP contribution is -2.40. The average molecular weight is 305 g/mol. The molecule has 2 heterocycles. The molecule has 1 saturated carbocycles. The molecule has 4 nitrogen and oxygen atoms in total. The fourth-order valence-electron chi connectivity index (χ4n) is 3.93. The number of carbonyl (C=O) groups excluding carboxylic acids is 1. The third-order valence-electron chi connectivity index (χ3n) is 5.18. The Morgan fingerprint density at radius 1 is 1.27 bits per heavy atom. The molecule has 0 bridgehead atoms. The van der Waals surface area contributed by atoms with E-state index in [1.54, 1.807) is 0 Å². The molecule has 1 N–H and O–H groups in total. The van der Waals surface area contributed by atoms with Crippen LogP contribution >= 0.6 is 0 Å². The summed E-state index contributed by atoms with van der Waals surface area (Å²) in [6.45, 7) is 2.72. The van der Waals surface area contributed by atoms with E-state index in [0.717, 1.165) is 69.4 Å². The van der Waals surface area contributed by atoms with Gasteiger partial charge in [-0.05, 0) is 44.7 Å². The summed E-state index contributed by atoms with van der Waals surface area (Å²) in [7, 11) is 0. The topological polar surface area (TPSA) is 53.7 Å². The van der Waals surface area contributed by atoms with Gasteiger partial charge in [-0.2, -0.15) is 0 Å². The normalized spacial score (nSPS) is 25.2. The van der Waals surface area contributed by atoms with Gasteiger partial charge in [0, 0.05) is 6.54 Å². The summed E-state index contributed by atoms with van der Waals surface area (Å²) < 4.78 is 5.80. The lowest BCUT2D eigenvalue weighted by atomic mass is 9.96. The molecule has 4 heteroatoms. The number of amides is 1. The van der Waals surface area contributed by atoms with Crippen LogP contribution in [0.2, 0.25) is 0 Å². The van der Waals surface area contributed by atoms with Gasteiger partial charge in [0.25, 0.3) is 0 Å². The standard InChI is InChI=1S/C18H27NO3/c1-14-8-9-16(22-14)15-7-3-2-6-12-19(15)17(20)13-18(21)10-4-5-11-18/h8-9,15,21H,2-7,10-13H2,1H3. The number of carbonyl (C=O) groups is 1. The highest BCUT2D eigenvalue weighted by Gasteiger charge is 2.37. The fourth-order valence-corrected chi connectivity index (χ4v) is 3.93. The molecule has 22 heavy (non-hydrogen) atoms. The lowest BCUT2D eigenvalue weighted by Gasteiger charge is -2.32. The number of rotatable bonds is 3. The second-order valence-corrected chi connectivity index (χ2v) is 7.01. The largest absolute Gasteiger partial charge is 0.464 e. The van der Waals surface area contributed by atoms with Gasteiger partial charge in [-0.1, -0.05) is 25.7 Å². The Kier molecular flexibility index (Phi) is 4.57. The predicted octanol–water partition coefficient (Wildman–Crippen LogP) is 3.73. The van der Waals surface area contributed by atoms with E-state index in [2.05, 4.69) is 0 Å². The Bertz CT molecular complexity index is 516. The Labute approximate surface area is 132 Å². The number of hydrogen-bond acceptors (Lipinski definition) is 3.